The summed E-state index contributed by atoms with van der Waals surface area (Å²) >= 11 is 17.4. The molecule has 0 heterocycles. The van der Waals surface area contributed by atoms with Gasteiger partial charge in [-0.3, -0.25) is 4.79 Å². The zero-order valence-electron chi connectivity index (χ0n) is 10.6. The van der Waals surface area contributed by atoms with Crippen LogP contribution >= 0.6 is 34.8 Å². The highest BCUT2D eigenvalue weighted by atomic mass is 35.5. The molecule has 1 aromatic carbocycles. The molecule has 20 heavy (non-hydrogen) atoms. The molecular weight excluding hydrogens is 349 g/mol. The highest BCUT2D eigenvalue weighted by Crippen LogP contribution is 2.32. The number of rotatable bonds is 5. The van der Waals surface area contributed by atoms with E-state index in [9.17, 15) is 13.2 Å². The molecule has 0 spiro atoms. The summed E-state index contributed by atoms with van der Waals surface area (Å²) in [7, 11) is -4.07. The fourth-order valence-electron chi connectivity index (χ4n) is 1.39. The van der Waals surface area contributed by atoms with Gasteiger partial charge in [-0.25, -0.2) is 8.42 Å². The van der Waals surface area contributed by atoms with Crippen LogP contribution in [0.25, 0.3) is 0 Å². The predicted octanol–water partition coefficient (Wildman–Crippen LogP) is 2.88. The SMILES string of the molecule is CCOC(=O)C(C)NS(=O)(=O)c1c(Cl)cc(Cl)cc1Cl. The average molecular weight is 361 g/mol. The molecule has 0 saturated carbocycles. The van der Waals surface area contributed by atoms with E-state index in [0.717, 1.165) is 0 Å². The second kappa shape index (κ2) is 6.95. The van der Waals surface area contributed by atoms with Gasteiger partial charge in [0.2, 0.25) is 10.0 Å². The van der Waals surface area contributed by atoms with E-state index in [0.29, 0.717) is 0 Å². The van der Waals surface area contributed by atoms with Crippen LogP contribution in [0.2, 0.25) is 15.1 Å². The van der Waals surface area contributed by atoms with Crippen molar-refractivity contribution >= 4 is 50.8 Å². The van der Waals surface area contributed by atoms with Crippen LogP contribution in [0.15, 0.2) is 17.0 Å². The Bertz CT molecular complexity index is 595. The van der Waals surface area contributed by atoms with Gasteiger partial charge in [0.25, 0.3) is 0 Å². The summed E-state index contributed by atoms with van der Waals surface area (Å²) in [5.41, 5.74) is 0. The van der Waals surface area contributed by atoms with E-state index in [4.69, 9.17) is 39.5 Å². The topological polar surface area (TPSA) is 72.5 Å². The molecule has 1 rings (SSSR count). The van der Waals surface area contributed by atoms with Gasteiger partial charge >= 0.3 is 5.97 Å². The maximum Gasteiger partial charge on any atom is 0.323 e. The maximum absolute atomic E-state index is 12.2. The smallest absolute Gasteiger partial charge is 0.323 e. The molecule has 0 aliphatic heterocycles. The van der Waals surface area contributed by atoms with E-state index in [2.05, 4.69) is 4.72 Å². The minimum atomic E-state index is -4.07. The average Bonchev–Trinajstić information content (AvgIpc) is 2.26. The Hall–Kier alpha value is -0.530. The highest BCUT2D eigenvalue weighted by Gasteiger charge is 2.27. The number of hydrogen-bond acceptors (Lipinski definition) is 4. The van der Waals surface area contributed by atoms with E-state index in [1.807, 2.05) is 0 Å². The number of carbonyl (C=O) groups is 1. The van der Waals surface area contributed by atoms with Crippen molar-refractivity contribution in [3.63, 3.8) is 0 Å². The Morgan fingerprint density at radius 3 is 2.25 bits per heavy atom. The number of halogens is 3. The summed E-state index contributed by atoms with van der Waals surface area (Å²) in [6.07, 6.45) is 0. The molecule has 0 radical (unpaired) electrons. The number of carbonyl (C=O) groups excluding carboxylic acids is 1. The van der Waals surface area contributed by atoms with E-state index in [-0.39, 0.29) is 26.6 Å². The zero-order chi connectivity index (χ0) is 15.5. The minimum absolute atomic E-state index is 0.133. The summed E-state index contributed by atoms with van der Waals surface area (Å²) in [5, 5.41) is -0.0606. The first-order valence-electron chi connectivity index (χ1n) is 5.52. The van der Waals surface area contributed by atoms with Crippen molar-refractivity contribution in [3.8, 4) is 0 Å². The number of nitrogens with one attached hydrogen (secondary N) is 1. The molecule has 5 nitrogen and oxygen atoms in total. The first-order valence-corrected chi connectivity index (χ1v) is 8.14. The van der Waals surface area contributed by atoms with E-state index < -0.39 is 22.0 Å². The van der Waals surface area contributed by atoms with Crippen LogP contribution in [0.3, 0.4) is 0 Å². The molecule has 1 N–H and O–H groups in total. The molecule has 0 aliphatic carbocycles. The van der Waals surface area contributed by atoms with E-state index in [1.54, 1.807) is 6.92 Å². The number of benzene rings is 1. The van der Waals surface area contributed by atoms with Crippen molar-refractivity contribution in [1.82, 2.24) is 4.72 Å². The molecule has 0 fully saturated rings. The van der Waals surface area contributed by atoms with Gasteiger partial charge in [0.05, 0.1) is 16.7 Å². The molecule has 112 valence electrons. The molecule has 1 aromatic rings. The zero-order valence-corrected chi connectivity index (χ0v) is 13.7. The van der Waals surface area contributed by atoms with Crippen molar-refractivity contribution in [3.05, 3.63) is 27.2 Å². The van der Waals surface area contributed by atoms with Crippen molar-refractivity contribution < 1.29 is 17.9 Å². The Kier molecular flexibility index (Phi) is 6.09. The summed E-state index contributed by atoms with van der Waals surface area (Å²) in [6.45, 7) is 3.12. The molecule has 9 heteroatoms. The standard InChI is InChI=1S/C11H12Cl3NO4S/c1-3-19-11(16)6(2)15-20(17,18)10-8(13)4-7(12)5-9(10)14/h4-6,15H,3H2,1-2H3. The second-order valence-electron chi connectivity index (χ2n) is 3.79. The van der Waals surface area contributed by atoms with Crippen LogP contribution in [-0.4, -0.2) is 27.0 Å². The largest absolute Gasteiger partial charge is 0.465 e. The minimum Gasteiger partial charge on any atom is -0.465 e. The molecule has 0 aromatic heterocycles. The van der Waals surface area contributed by atoms with Gasteiger partial charge in [0.1, 0.15) is 10.9 Å². The summed E-state index contributed by atoms with van der Waals surface area (Å²) in [6, 6.07) is 1.43. The normalized spacial score (nSPS) is 13.1. The van der Waals surface area contributed by atoms with Crippen LogP contribution in [0.4, 0.5) is 0 Å². The number of esters is 1. The van der Waals surface area contributed by atoms with Crippen LogP contribution in [0.1, 0.15) is 13.8 Å². The van der Waals surface area contributed by atoms with Gasteiger partial charge < -0.3 is 4.74 Å². The highest BCUT2D eigenvalue weighted by molar-refractivity contribution is 7.89. The van der Waals surface area contributed by atoms with Gasteiger partial charge in [0.15, 0.2) is 0 Å². The monoisotopic (exact) mass is 359 g/mol. The third-order valence-corrected chi connectivity index (χ3v) is 4.88. The second-order valence-corrected chi connectivity index (χ2v) is 6.70. The lowest BCUT2D eigenvalue weighted by atomic mass is 10.4. The molecule has 1 unspecified atom stereocenters. The fraction of sp³-hybridized carbons (Fsp3) is 0.364. The van der Waals surface area contributed by atoms with E-state index >= 15 is 0 Å². The summed E-state index contributed by atoms with van der Waals surface area (Å²) in [4.78, 5) is 11.1. The van der Waals surface area contributed by atoms with Gasteiger partial charge in [-0.1, -0.05) is 34.8 Å². The molecule has 1 atom stereocenters. The number of ether oxygens (including phenoxy) is 1. The first-order chi connectivity index (χ1) is 9.19. The van der Waals surface area contributed by atoms with Crippen molar-refractivity contribution in [1.29, 1.82) is 0 Å². The van der Waals surface area contributed by atoms with Crippen molar-refractivity contribution in [2.75, 3.05) is 6.61 Å². The third kappa shape index (κ3) is 4.23. The van der Waals surface area contributed by atoms with Crippen LogP contribution in [0.5, 0.6) is 0 Å². The lowest BCUT2D eigenvalue weighted by molar-refractivity contribution is -0.144. The maximum atomic E-state index is 12.2. The van der Waals surface area contributed by atoms with Crippen LogP contribution in [0, 0.1) is 0 Å². The van der Waals surface area contributed by atoms with Crippen LogP contribution in [-0.2, 0) is 19.6 Å². The van der Waals surface area contributed by atoms with E-state index in [1.165, 1.54) is 19.1 Å². The third-order valence-electron chi connectivity index (χ3n) is 2.20. The predicted molar refractivity (Wildman–Crippen MR) is 77.9 cm³/mol. The molecule has 0 saturated heterocycles. The molecule has 0 amide bonds. The number of sulfonamides is 1. The van der Waals surface area contributed by atoms with Gasteiger partial charge in [-0.2, -0.15) is 4.72 Å². The Labute approximate surface area is 132 Å². The van der Waals surface area contributed by atoms with Crippen LogP contribution < -0.4 is 4.72 Å². The van der Waals surface area contributed by atoms with Gasteiger partial charge in [-0.15, -0.1) is 0 Å². The quantitative estimate of drug-likeness (QED) is 0.820. The van der Waals surface area contributed by atoms with Gasteiger partial charge in [-0.05, 0) is 26.0 Å². The van der Waals surface area contributed by atoms with Gasteiger partial charge in [0, 0.05) is 5.02 Å². The fourth-order valence-corrected chi connectivity index (χ4v) is 4.13. The lowest BCUT2D eigenvalue weighted by Crippen LogP contribution is -2.39. The summed E-state index contributed by atoms with van der Waals surface area (Å²) in [5.74, 6) is -0.697. The number of hydrogen-bond donors (Lipinski definition) is 1. The molecular formula is C11H12Cl3NO4S. The lowest BCUT2D eigenvalue weighted by Gasteiger charge is -2.14. The Morgan fingerprint density at radius 2 is 1.80 bits per heavy atom. The molecule has 0 aliphatic rings. The Morgan fingerprint density at radius 1 is 1.30 bits per heavy atom. The van der Waals surface area contributed by atoms with Crippen molar-refractivity contribution in [2.45, 2.75) is 24.8 Å². The molecule has 0 bridgehead atoms. The van der Waals surface area contributed by atoms with Crippen molar-refractivity contribution in [2.24, 2.45) is 0 Å². The first kappa shape index (κ1) is 17.5. The Balaban J connectivity index is 3.10. The summed E-state index contributed by atoms with van der Waals surface area (Å²) < 4.78 is 31.2.